The molecule has 1 aliphatic heterocycles. The van der Waals surface area contributed by atoms with Crippen molar-refractivity contribution in [3.8, 4) is 17.2 Å². The number of primary amides is 1. The molecular weight excluding hydrogens is 439 g/mol. The van der Waals surface area contributed by atoms with E-state index in [0.717, 1.165) is 11.1 Å². The molecule has 0 spiro atoms. The number of anilines is 2. The molecule has 0 aliphatic carbocycles. The number of rotatable bonds is 6. The Morgan fingerprint density at radius 1 is 1.21 bits per heavy atom. The molecule has 1 unspecified atom stereocenters. The van der Waals surface area contributed by atoms with Crippen LogP contribution in [0.5, 0.6) is 0 Å². The van der Waals surface area contributed by atoms with Gasteiger partial charge in [0.25, 0.3) is 5.91 Å². The normalized spacial score (nSPS) is 17.7. The standard InChI is InChI=1S/C22H21FN10O/c1-31-9-16(7-28-31)14-2-19-20(17(21(25)34)8-29-33(19)11-14)30-18-12-32(10-15(18)3-23)22-26-5-13(4-24)6-27-22/h2,5-9,11,15,18,30H,3,10,12H2,1H3,(H2,25,34)/t15-,18?/m0/s1. The van der Waals surface area contributed by atoms with Crippen molar-refractivity contribution in [2.24, 2.45) is 18.7 Å². The van der Waals surface area contributed by atoms with Gasteiger partial charge in [-0.1, -0.05) is 0 Å². The summed E-state index contributed by atoms with van der Waals surface area (Å²) in [6.07, 6.45) is 9.73. The van der Waals surface area contributed by atoms with Crippen molar-refractivity contribution in [3.05, 3.63) is 54.4 Å². The molecule has 1 aliphatic rings. The maximum absolute atomic E-state index is 14.0. The largest absolute Gasteiger partial charge is 0.378 e. The van der Waals surface area contributed by atoms with Crippen LogP contribution in [0.15, 0.2) is 43.2 Å². The summed E-state index contributed by atoms with van der Waals surface area (Å²) in [4.78, 5) is 22.5. The highest BCUT2D eigenvalue weighted by Gasteiger charge is 2.35. The number of aryl methyl sites for hydroxylation is 1. The zero-order valence-electron chi connectivity index (χ0n) is 18.3. The Labute approximate surface area is 193 Å². The molecule has 172 valence electrons. The highest BCUT2D eigenvalue weighted by Crippen LogP contribution is 2.31. The van der Waals surface area contributed by atoms with Gasteiger partial charge in [-0.3, -0.25) is 13.9 Å². The van der Waals surface area contributed by atoms with Crippen molar-refractivity contribution in [3.63, 3.8) is 0 Å². The number of fused-ring (bicyclic) bond motifs is 1. The summed E-state index contributed by atoms with van der Waals surface area (Å²) in [5.74, 6) is -0.594. The Balaban J connectivity index is 1.49. The van der Waals surface area contributed by atoms with E-state index in [-0.39, 0.29) is 17.5 Å². The molecule has 5 heterocycles. The number of halogens is 1. The monoisotopic (exact) mass is 460 g/mol. The maximum Gasteiger partial charge on any atom is 0.252 e. The Bertz CT molecular complexity index is 1400. The Morgan fingerprint density at radius 3 is 2.65 bits per heavy atom. The van der Waals surface area contributed by atoms with Crippen molar-refractivity contribution < 1.29 is 9.18 Å². The third kappa shape index (κ3) is 3.77. The van der Waals surface area contributed by atoms with Crippen molar-refractivity contribution in [2.75, 3.05) is 30.0 Å². The van der Waals surface area contributed by atoms with Gasteiger partial charge in [-0.05, 0) is 6.07 Å². The predicted molar refractivity (Wildman–Crippen MR) is 122 cm³/mol. The number of nitrogens with two attached hydrogens (primary N) is 1. The van der Waals surface area contributed by atoms with Gasteiger partial charge in [0.1, 0.15) is 6.07 Å². The van der Waals surface area contributed by atoms with E-state index in [9.17, 15) is 9.18 Å². The van der Waals surface area contributed by atoms with Gasteiger partial charge in [-0.25, -0.2) is 14.5 Å². The van der Waals surface area contributed by atoms with Crippen LogP contribution in [0.25, 0.3) is 16.6 Å². The van der Waals surface area contributed by atoms with Crippen LogP contribution in [0.1, 0.15) is 15.9 Å². The third-order valence-corrected chi connectivity index (χ3v) is 5.96. The molecule has 1 fully saturated rings. The van der Waals surface area contributed by atoms with Crippen LogP contribution in [0.4, 0.5) is 16.0 Å². The van der Waals surface area contributed by atoms with Crippen LogP contribution in [0.2, 0.25) is 0 Å². The van der Waals surface area contributed by atoms with E-state index in [0.29, 0.717) is 35.8 Å². The lowest BCUT2D eigenvalue weighted by atomic mass is 10.0. The number of amides is 1. The van der Waals surface area contributed by atoms with Crippen LogP contribution in [0.3, 0.4) is 0 Å². The minimum atomic E-state index is -0.635. The highest BCUT2D eigenvalue weighted by molar-refractivity contribution is 6.02. The quantitative estimate of drug-likeness (QED) is 0.439. The van der Waals surface area contributed by atoms with Gasteiger partial charge < -0.3 is 16.0 Å². The zero-order chi connectivity index (χ0) is 23.8. The second-order valence-electron chi connectivity index (χ2n) is 8.21. The van der Waals surface area contributed by atoms with E-state index in [1.165, 1.54) is 18.6 Å². The predicted octanol–water partition coefficient (Wildman–Crippen LogP) is 1.38. The molecule has 1 saturated heterocycles. The van der Waals surface area contributed by atoms with Gasteiger partial charge in [0, 0.05) is 49.6 Å². The SMILES string of the molecule is Cn1cc(-c2cc3c(NC4CN(c5ncc(C#N)cn5)C[C@@H]4CF)c(C(N)=O)cnn3c2)cn1. The lowest BCUT2D eigenvalue weighted by molar-refractivity contribution is 0.100. The first-order valence-corrected chi connectivity index (χ1v) is 10.6. The van der Waals surface area contributed by atoms with Gasteiger partial charge in [-0.15, -0.1) is 0 Å². The number of carbonyl (C=O) groups excluding carboxylic acids is 1. The molecule has 2 atom stereocenters. The second-order valence-corrected chi connectivity index (χ2v) is 8.21. The van der Waals surface area contributed by atoms with Crippen LogP contribution in [0, 0.1) is 17.2 Å². The minimum Gasteiger partial charge on any atom is -0.378 e. The van der Waals surface area contributed by atoms with Crippen LogP contribution >= 0.6 is 0 Å². The Morgan fingerprint density at radius 2 is 2.00 bits per heavy atom. The summed E-state index contributed by atoms with van der Waals surface area (Å²) in [5, 5.41) is 20.8. The van der Waals surface area contributed by atoms with E-state index in [2.05, 4.69) is 25.5 Å². The first kappa shape index (κ1) is 21.3. The topological polar surface area (TPSA) is 143 Å². The summed E-state index contributed by atoms with van der Waals surface area (Å²) in [6.45, 7) is 0.221. The molecule has 4 aromatic rings. The fraction of sp³-hybridized carbons (Fsp3) is 0.273. The minimum absolute atomic E-state index is 0.217. The maximum atomic E-state index is 14.0. The van der Waals surface area contributed by atoms with Gasteiger partial charge in [-0.2, -0.15) is 15.5 Å². The molecule has 11 nitrogen and oxygen atoms in total. The van der Waals surface area contributed by atoms with E-state index >= 15 is 0 Å². The molecule has 0 bridgehead atoms. The van der Waals surface area contributed by atoms with Crippen molar-refractivity contribution in [2.45, 2.75) is 6.04 Å². The number of nitriles is 1. The van der Waals surface area contributed by atoms with Crippen molar-refractivity contribution in [1.82, 2.24) is 29.4 Å². The molecule has 34 heavy (non-hydrogen) atoms. The first-order chi connectivity index (χ1) is 16.5. The number of hydrogen-bond acceptors (Lipinski definition) is 8. The fourth-order valence-corrected chi connectivity index (χ4v) is 4.21. The molecule has 0 radical (unpaired) electrons. The number of carbonyl (C=O) groups is 1. The van der Waals surface area contributed by atoms with Gasteiger partial charge in [0.05, 0.1) is 59.8 Å². The number of nitrogens with one attached hydrogen (secondary N) is 1. The average molecular weight is 460 g/mol. The molecular formula is C22H21FN10O. The van der Waals surface area contributed by atoms with Crippen molar-refractivity contribution >= 4 is 23.1 Å². The third-order valence-electron chi connectivity index (χ3n) is 5.96. The number of alkyl halides is 1. The van der Waals surface area contributed by atoms with Gasteiger partial charge in [0.15, 0.2) is 0 Å². The van der Waals surface area contributed by atoms with E-state index < -0.39 is 12.6 Å². The zero-order valence-corrected chi connectivity index (χ0v) is 18.3. The number of nitrogens with zero attached hydrogens (tertiary/aromatic N) is 8. The Hall–Kier alpha value is -4.53. The smallest absolute Gasteiger partial charge is 0.252 e. The Kier molecular flexibility index (Phi) is 5.29. The summed E-state index contributed by atoms with van der Waals surface area (Å²) in [6, 6.07) is 3.53. The van der Waals surface area contributed by atoms with Gasteiger partial charge in [0.2, 0.25) is 5.95 Å². The summed E-state index contributed by atoms with van der Waals surface area (Å²) >= 11 is 0. The highest BCUT2D eigenvalue weighted by atomic mass is 19.1. The lowest BCUT2D eigenvalue weighted by Gasteiger charge is -2.21. The average Bonchev–Trinajstić information content (AvgIpc) is 3.57. The molecule has 4 aromatic heterocycles. The molecule has 12 heteroatoms. The lowest BCUT2D eigenvalue weighted by Crippen LogP contribution is -2.31. The molecule has 0 saturated carbocycles. The van der Waals surface area contributed by atoms with Crippen molar-refractivity contribution in [1.29, 1.82) is 5.26 Å². The first-order valence-electron chi connectivity index (χ1n) is 10.6. The van der Waals surface area contributed by atoms with Crippen LogP contribution < -0.4 is 16.0 Å². The molecule has 3 N–H and O–H groups in total. The number of hydrogen-bond donors (Lipinski definition) is 2. The molecule has 5 rings (SSSR count). The summed E-state index contributed by atoms with van der Waals surface area (Å²) in [5.41, 5.74) is 9.10. The van der Waals surface area contributed by atoms with Crippen LogP contribution in [-0.4, -0.2) is 61.1 Å². The summed E-state index contributed by atoms with van der Waals surface area (Å²) < 4.78 is 17.3. The van der Waals surface area contributed by atoms with Gasteiger partial charge >= 0.3 is 0 Å². The summed E-state index contributed by atoms with van der Waals surface area (Å²) in [7, 11) is 1.83. The van der Waals surface area contributed by atoms with Crippen LogP contribution in [-0.2, 0) is 7.05 Å². The van der Waals surface area contributed by atoms with E-state index in [4.69, 9.17) is 11.0 Å². The fourth-order valence-electron chi connectivity index (χ4n) is 4.21. The second kappa shape index (κ2) is 8.43. The van der Waals surface area contributed by atoms with E-state index in [1.54, 1.807) is 15.4 Å². The molecule has 1 amide bonds. The molecule has 0 aromatic carbocycles. The van der Waals surface area contributed by atoms with E-state index in [1.807, 2.05) is 36.5 Å². The number of aromatic nitrogens is 6.